The van der Waals surface area contributed by atoms with Gasteiger partial charge in [-0.25, -0.2) is 0 Å². The van der Waals surface area contributed by atoms with Gasteiger partial charge in [0.15, 0.2) is 0 Å². The van der Waals surface area contributed by atoms with Crippen LogP contribution in [0.25, 0.3) is 0 Å². The lowest BCUT2D eigenvalue weighted by Gasteiger charge is -2.24. The van der Waals surface area contributed by atoms with Crippen LogP contribution in [0.5, 0.6) is 0 Å². The maximum absolute atomic E-state index is 3.78. The molecule has 0 aliphatic carbocycles. The molecule has 0 bridgehead atoms. The van der Waals surface area contributed by atoms with Gasteiger partial charge in [0.2, 0.25) is 0 Å². The maximum atomic E-state index is 3.78. The number of nitrogens with one attached hydrogen (secondary N) is 1. The number of likely N-dealkylation sites (N-methyl/N-ethyl adjacent to an activating group) is 1. The highest BCUT2D eigenvalue weighted by Crippen LogP contribution is 2.16. The molecule has 2 unspecified atom stereocenters. The third-order valence-corrected chi connectivity index (χ3v) is 3.00. The van der Waals surface area contributed by atoms with Gasteiger partial charge in [-0.3, -0.25) is 4.90 Å². The highest BCUT2D eigenvalue weighted by molar-refractivity contribution is 4.82. The maximum Gasteiger partial charge on any atom is 0.0160 e. The number of rotatable bonds is 5. The molecular formula is C11H22N2. The van der Waals surface area contributed by atoms with Crippen molar-refractivity contribution in [2.45, 2.75) is 13.8 Å². The lowest BCUT2D eigenvalue weighted by molar-refractivity contribution is 0.248. The van der Waals surface area contributed by atoms with Gasteiger partial charge in [-0.1, -0.05) is 19.9 Å². The molecule has 1 aliphatic rings. The van der Waals surface area contributed by atoms with Crippen LogP contribution in [0, 0.1) is 11.8 Å². The van der Waals surface area contributed by atoms with Gasteiger partial charge in [-0.2, -0.15) is 0 Å². The lowest BCUT2D eigenvalue weighted by Crippen LogP contribution is -2.32. The molecule has 2 atom stereocenters. The van der Waals surface area contributed by atoms with E-state index in [9.17, 15) is 0 Å². The third kappa shape index (κ3) is 3.12. The fraction of sp³-hybridized carbons (Fsp3) is 0.818. The smallest absolute Gasteiger partial charge is 0.0160 e. The van der Waals surface area contributed by atoms with Crippen LogP contribution in [-0.4, -0.2) is 37.6 Å². The summed E-state index contributed by atoms with van der Waals surface area (Å²) in [6.45, 7) is 14.1. The number of hydrogen-bond acceptors (Lipinski definition) is 2. The van der Waals surface area contributed by atoms with E-state index < -0.39 is 0 Å². The average molecular weight is 182 g/mol. The summed E-state index contributed by atoms with van der Waals surface area (Å²) in [5, 5.41) is 3.44. The van der Waals surface area contributed by atoms with E-state index >= 15 is 0 Å². The van der Waals surface area contributed by atoms with Crippen LogP contribution < -0.4 is 5.32 Å². The molecule has 2 nitrogen and oxygen atoms in total. The first-order chi connectivity index (χ1) is 6.27. The van der Waals surface area contributed by atoms with Gasteiger partial charge in [0, 0.05) is 13.1 Å². The van der Waals surface area contributed by atoms with Gasteiger partial charge in [0.1, 0.15) is 0 Å². The zero-order valence-electron chi connectivity index (χ0n) is 8.92. The van der Waals surface area contributed by atoms with E-state index in [0.29, 0.717) is 0 Å². The molecule has 1 heterocycles. The molecule has 1 rings (SSSR count). The molecule has 0 aromatic heterocycles. The molecule has 1 aliphatic heterocycles. The van der Waals surface area contributed by atoms with Crippen molar-refractivity contribution < 1.29 is 0 Å². The monoisotopic (exact) mass is 182 g/mol. The fourth-order valence-electron chi connectivity index (χ4n) is 1.96. The lowest BCUT2D eigenvalue weighted by atomic mass is 9.97. The first kappa shape index (κ1) is 10.7. The van der Waals surface area contributed by atoms with Crippen molar-refractivity contribution in [1.29, 1.82) is 0 Å². The summed E-state index contributed by atoms with van der Waals surface area (Å²) < 4.78 is 0. The standard InChI is InChI=1S/C11H22N2/c1-4-6-13(5-2)9-11-8-12-7-10(11)3/h4,10-12H,1,5-9H2,2-3H3. The second-order valence-corrected chi connectivity index (χ2v) is 4.04. The second kappa shape index (κ2) is 5.40. The van der Waals surface area contributed by atoms with Crippen LogP contribution in [0.15, 0.2) is 12.7 Å². The molecule has 0 amide bonds. The summed E-state index contributed by atoms with van der Waals surface area (Å²) in [7, 11) is 0. The zero-order chi connectivity index (χ0) is 9.68. The molecule has 76 valence electrons. The van der Waals surface area contributed by atoms with E-state index in [0.717, 1.165) is 24.9 Å². The van der Waals surface area contributed by atoms with Crippen molar-refractivity contribution in [3.63, 3.8) is 0 Å². The van der Waals surface area contributed by atoms with E-state index in [2.05, 4.69) is 30.6 Å². The van der Waals surface area contributed by atoms with Gasteiger partial charge in [0.25, 0.3) is 0 Å². The Morgan fingerprint density at radius 2 is 2.31 bits per heavy atom. The first-order valence-electron chi connectivity index (χ1n) is 5.31. The second-order valence-electron chi connectivity index (χ2n) is 4.04. The summed E-state index contributed by atoms with van der Waals surface area (Å²) in [5.74, 6) is 1.67. The van der Waals surface area contributed by atoms with Crippen LogP contribution in [0.2, 0.25) is 0 Å². The highest BCUT2D eigenvalue weighted by atomic mass is 15.1. The van der Waals surface area contributed by atoms with Crippen LogP contribution in [0.4, 0.5) is 0 Å². The van der Waals surface area contributed by atoms with E-state index in [1.165, 1.54) is 19.6 Å². The van der Waals surface area contributed by atoms with Crippen LogP contribution in [0.3, 0.4) is 0 Å². The van der Waals surface area contributed by atoms with Gasteiger partial charge < -0.3 is 5.32 Å². The van der Waals surface area contributed by atoms with Gasteiger partial charge in [0.05, 0.1) is 0 Å². The Labute approximate surface area is 82.0 Å². The van der Waals surface area contributed by atoms with Crippen molar-refractivity contribution in [1.82, 2.24) is 10.2 Å². The van der Waals surface area contributed by atoms with Crippen molar-refractivity contribution in [3.05, 3.63) is 12.7 Å². The molecule has 0 radical (unpaired) electrons. The van der Waals surface area contributed by atoms with Crippen molar-refractivity contribution in [2.75, 3.05) is 32.7 Å². The molecule has 2 heteroatoms. The number of nitrogens with zero attached hydrogens (tertiary/aromatic N) is 1. The van der Waals surface area contributed by atoms with E-state index in [-0.39, 0.29) is 0 Å². The summed E-state index contributed by atoms with van der Waals surface area (Å²) in [4.78, 5) is 2.46. The molecule has 0 aromatic carbocycles. The van der Waals surface area contributed by atoms with E-state index in [4.69, 9.17) is 0 Å². The molecule has 0 aromatic rings. The minimum Gasteiger partial charge on any atom is -0.316 e. The zero-order valence-corrected chi connectivity index (χ0v) is 8.92. The molecule has 0 spiro atoms. The summed E-state index contributed by atoms with van der Waals surface area (Å²) in [6.07, 6.45) is 2.00. The molecule has 1 fully saturated rings. The van der Waals surface area contributed by atoms with Crippen molar-refractivity contribution in [3.8, 4) is 0 Å². The quantitative estimate of drug-likeness (QED) is 0.646. The summed E-state index contributed by atoms with van der Waals surface area (Å²) in [5.41, 5.74) is 0. The summed E-state index contributed by atoms with van der Waals surface area (Å²) in [6, 6.07) is 0. The Kier molecular flexibility index (Phi) is 4.46. The Balaban J connectivity index is 2.31. The molecule has 13 heavy (non-hydrogen) atoms. The minimum absolute atomic E-state index is 0.832. The van der Waals surface area contributed by atoms with Crippen LogP contribution >= 0.6 is 0 Å². The van der Waals surface area contributed by atoms with Crippen molar-refractivity contribution >= 4 is 0 Å². The SMILES string of the molecule is C=CCN(CC)CC1CNCC1C. The van der Waals surface area contributed by atoms with Gasteiger partial charge >= 0.3 is 0 Å². The Morgan fingerprint density at radius 1 is 1.54 bits per heavy atom. The average Bonchev–Trinajstić information content (AvgIpc) is 2.51. The Hall–Kier alpha value is -0.340. The molecule has 1 N–H and O–H groups in total. The minimum atomic E-state index is 0.832. The van der Waals surface area contributed by atoms with Crippen LogP contribution in [0.1, 0.15) is 13.8 Å². The van der Waals surface area contributed by atoms with Gasteiger partial charge in [-0.15, -0.1) is 6.58 Å². The van der Waals surface area contributed by atoms with E-state index in [1.807, 2.05) is 6.08 Å². The Morgan fingerprint density at radius 3 is 2.77 bits per heavy atom. The predicted octanol–water partition coefficient (Wildman–Crippen LogP) is 1.35. The molecule has 1 saturated heterocycles. The van der Waals surface area contributed by atoms with E-state index in [1.54, 1.807) is 0 Å². The third-order valence-electron chi connectivity index (χ3n) is 3.00. The summed E-state index contributed by atoms with van der Waals surface area (Å²) >= 11 is 0. The van der Waals surface area contributed by atoms with Crippen molar-refractivity contribution in [2.24, 2.45) is 11.8 Å². The normalized spacial score (nSPS) is 28.2. The molecular weight excluding hydrogens is 160 g/mol. The topological polar surface area (TPSA) is 15.3 Å². The fourth-order valence-corrected chi connectivity index (χ4v) is 1.96. The Bertz CT molecular complexity index is 156. The van der Waals surface area contributed by atoms with Crippen LogP contribution in [-0.2, 0) is 0 Å². The highest BCUT2D eigenvalue weighted by Gasteiger charge is 2.24. The molecule has 0 saturated carbocycles. The number of hydrogen-bond donors (Lipinski definition) is 1. The first-order valence-corrected chi connectivity index (χ1v) is 5.31. The predicted molar refractivity (Wildman–Crippen MR) is 57.8 cm³/mol. The largest absolute Gasteiger partial charge is 0.316 e. The van der Waals surface area contributed by atoms with Gasteiger partial charge in [-0.05, 0) is 31.5 Å².